The highest BCUT2D eigenvalue weighted by molar-refractivity contribution is 6.01. The number of anilines is 1. The summed E-state index contributed by atoms with van der Waals surface area (Å²) in [4.78, 5) is 35.9. The maximum Gasteiger partial charge on any atom is 0.293 e. The fraction of sp³-hybridized carbons (Fsp3) is 0.143. The zero-order chi connectivity index (χ0) is 21.1. The van der Waals surface area contributed by atoms with Gasteiger partial charge in [-0.3, -0.25) is 30.6 Å². The normalized spacial score (nSPS) is 12.8. The summed E-state index contributed by atoms with van der Waals surface area (Å²) in [7, 11) is 0. The molecule has 9 heteroatoms. The molecular weight excluding hydrogens is 386 g/mol. The van der Waals surface area contributed by atoms with Crippen LogP contribution in [0.3, 0.4) is 0 Å². The summed E-state index contributed by atoms with van der Waals surface area (Å²) >= 11 is 0. The highest BCUT2D eigenvalue weighted by Gasteiger charge is 2.25. The van der Waals surface area contributed by atoms with E-state index in [9.17, 15) is 19.7 Å². The fourth-order valence-electron chi connectivity index (χ4n) is 3.03. The number of nitro groups is 1. The van der Waals surface area contributed by atoms with Crippen LogP contribution in [-0.2, 0) is 0 Å². The van der Waals surface area contributed by atoms with E-state index in [1.807, 2.05) is 12.1 Å². The van der Waals surface area contributed by atoms with Crippen molar-refractivity contribution in [2.45, 2.75) is 18.9 Å². The molecule has 0 saturated heterocycles. The zero-order valence-corrected chi connectivity index (χ0v) is 15.9. The van der Waals surface area contributed by atoms with Crippen LogP contribution in [-0.4, -0.2) is 27.3 Å². The Morgan fingerprint density at radius 1 is 0.967 bits per heavy atom. The van der Waals surface area contributed by atoms with Crippen molar-refractivity contribution in [2.75, 3.05) is 5.32 Å². The SMILES string of the molecule is O=C(NNC(=O)c1ccccc1-n1cccc1)c1ccc(NC2CC2)c([N+](=O)[O-])c1. The summed E-state index contributed by atoms with van der Waals surface area (Å²) in [5, 5.41) is 14.4. The molecule has 30 heavy (non-hydrogen) atoms. The van der Waals surface area contributed by atoms with Crippen molar-refractivity contribution < 1.29 is 14.5 Å². The van der Waals surface area contributed by atoms with Gasteiger partial charge in [0.05, 0.1) is 16.2 Å². The lowest BCUT2D eigenvalue weighted by atomic mass is 10.1. The number of para-hydroxylation sites is 1. The minimum absolute atomic E-state index is 0.0713. The lowest BCUT2D eigenvalue weighted by Gasteiger charge is -2.12. The maximum atomic E-state index is 12.6. The third kappa shape index (κ3) is 4.14. The van der Waals surface area contributed by atoms with E-state index in [-0.39, 0.29) is 17.3 Å². The molecule has 3 N–H and O–H groups in total. The van der Waals surface area contributed by atoms with Gasteiger partial charge in [-0.2, -0.15) is 0 Å². The Kier molecular flexibility index (Phi) is 5.17. The van der Waals surface area contributed by atoms with Crippen molar-refractivity contribution in [1.82, 2.24) is 15.4 Å². The Morgan fingerprint density at radius 2 is 1.67 bits per heavy atom. The Bertz CT molecular complexity index is 1110. The summed E-state index contributed by atoms with van der Waals surface area (Å²) < 4.78 is 1.78. The van der Waals surface area contributed by atoms with E-state index in [1.165, 1.54) is 18.2 Å². The number of nitro benzene ring substituents is 1. The molecule has 1 heterocycles. The molecule has 152 valence electrons. The van der Waals surface area contributed by atoms with Gasteiger partial charge >= 0.3 is 0 Å². The minimum Gasteiger partial charge on any atom is -0.377 e. The van der Waals surface area contributed by atoms with E-state index in [1.54, 1.807) is 41.2 Å². The standard InChI is InChI=1S/C21H19N5O4/c27-20(14-7-10-17(22-15-8-9-15)19(13-14)26(29)30)23-24-21(28)16-5-1-2-6-18(16)25-11-3-4-12-25/h1-7,10-13,15,22H,8-9H2,(H,23,27)(H,24,28). The van der Waals surface area contributed by atoms with E-state index in [0.717, 1.165) is 12.8 Å². The first-order valence-electron chi connectivity index (χ1n) is 9.41. The minimum atomic E-state index is -0.650. The van der Waals surface area contributed by atoms with Gasteiger partial charge in [0.2, 0.25) is 0 Å². The molecule has 9 nitrogen and oxygen atoms in total. The highest BCUT2D eigenvalue weighted by Crippen LogP contribution is 2.31. The fourth-order valence-corrected chi connectivity index (χ4v) is 3.03. The average molecular weight is 405 g/mol. The van der Waals surface area contributed by atoms with Crippen molar-refractivity contribution in [1.29, 1.82) is 0 Å². The number of nitrogens with one attached hydrogen (secondary N) is 3. The molecule has 3 aromatic rings. The number of nitrogens with zero attached hydrogens (tertiary/aromatic N) is 2. The molecule has 1 aliphatic carbocycles. The van der Waals surface area contributed by atoms with Crippen LogP contribution in [0.1, 0.15) is 33.6 Å². The first kappa shape index (κ1) is 19.2. The molecule has 0 radical (unpaired) electrons. The number of aromatic nitrogens is 1. The molecule has 1 aromatic heterocycles. The third-order valence-electron chi connectivity index (χ3n) is 4.71. The number of rotatable bonds is 6. The third-order valence-corrected chi connectivity index (χ3v) is 4.71. The summed E-state index contributed by atoms with van der Waals surface area (Å²) in [6, 6.07) is 15.0. The number of carbonyl (C=O) groups is 2. The molecule has 1 saturated carbocycles. The van der Waals surface area contributed by atoms with Gasteiger partial charge in [-0.05, 0) is 49.2 Å². The van der Waals surface area contributed by atoms with E-state index in [0.29, 0.717) is 16.9 Å². The summed E-state index contributed by atoms with van der Waals surface area (Å²) in [5.41, 5.74) is 5.97. The van der Waals surface area contributed by atoms with Crippen LogP contribution in [0.25, 0.3) is 5.69 Å². The largest absolute Gasteiger partial charge is 0.377 e. The maximum absolute atomic E-state index is 12.6. The Morgan fingerprint density at radius 3 is 2.37 bits per heavy atom. The molecule has 1 fully saturated rings. The van der Waals surface area contributed by atoms with E-state index in [4.69, 9.17) is 0 Å². The number of hydrazine groups is 1. The summed E-state index contributed by atoms with van der Waals surface area (Å²) in [5.74, 6) is -1.16. The predicted molar refractivity (Wildman–Crippen MR) is 110 cm³/mol. The van der Waals surface area contributed by atoms with Crippen LogP contribution in [0, 0.1) is 10.1 Å². The van der Waals surface area contributed by atoms with Gasteiger partial charge in [-0.15, -0.1) is 0 Å². The molecule has 2 amide bonds. The molecule has 0 bridgehead atoms. The lowest BCUT2D eigenvalue weighted by molar-refractivity contribution is -0.384. The van der Waals surface area contributed by atoms with Crippen LogP contribution in [0.5, 0.6) is 0 Å². The van der Waals surface area contributed by atoms with Crippen molar-refractivity contribution in [2.24, 2.45) is 0 Å². The average Bonchev–Trinajstić information content (AvgIpc) is 3.40. The molecular formula is C21H19N5O4. The first-order chi connectivity index (χ1) is 14.5. The molecule has 0 aliphatic heterocycles. The summed E-state index contributed by atoms with van der Waals surface area (Å²) in [6.07, 6.45) is 5.55. The van der Waals surface area contributed by atoms with Crippen LogP contribution in [0.2, 0.25) is 0 Å². The highest BCUT2D eigenvalue weighted by atomic mass is 16.6. The topological polar surface area (TPSA) is 118 Å². The monoisotopic (exact) mass is 405 g/mol. The van der Waals surface area contributed by atoms with Gasteiger partial charge in [0.25, 0.3) is 17.5 Å². The lowest BCUT2D eigenvalue weighted by Crippen LogP contribution is -2.42. The van der Waals surface area contributed by atoms with Gasteiger partial charge in [0, 0.05) is 30.1 Å². The Hall–Kier alpha value is -4.14. The molecule has 1 aliphatic rings. The second-order valence-electron chi connectivity index (χ2n) is 6.92. The van der Waals surface area contributed by atoms with Gasteiger partial charge in [-0.25, -0.2) is 0 Å². The van der Waals surface area contributed by atoms with Crippen molar-refractivity contribution in [3.05, 3.63) is 88.2 Å². The van der Waals surface area contributed by atoms with Gasteiger partial charge < -0.3 is 9.88 Å². The number of hydrogen-bond acceptors (Lipinski definition) is 5. The number of carbonyl (C=O) groups excluding carboxylic acids is 2. The van der Waals surface area contributed by atoms with E-state index < -0.39 is 16.7 Å². The van der Waals surface area contributed by atoms with Crippen molar-refractivity contribution >= 4 is 23.2 Å². The Balaban J connectivity index is 1.47. The van der Waals surface area contributed by atoms with Gasteiger partial charge in [0.1, 0.15) is 5.69 Å². The second-order valence-corrected chi connectivity index (χ2v) is 6.92. The van der Waals surface area contributed by atoms with Crippen molar-refractivity contribution in [3.63, 3.8) is 0 Å². The van der Waals surface area contributed by atoms with Crippen LogP contribution < -0.4 is 16.2 Å². The molecule has 0 unspecified atom stereocenters. The number of amides is 2. The van der Waals surface area contributed by atoms with Crippen LogP contribution in [0.4, 0.5) is 11.4 Å². The quantitative estimate of drug-likeness (QED) is 0.430. The van der Waals surface area contributed by atoms with Crippen LogP contribution in [0.15, 0.2) is 67.0 Å². The molecule has 0 atom stereocenters. The van der Waals surface area contributed by atoms with Crippen molar-refractivity contribution in [3.8, 4) is 5.69 Å². The molecule has 2 aromatic carbocycles. The predicted octanol–water partition coefficient (Wildman–Crippen LogP) is 3.03. The van der Waals surface area contributed by atoms with Gasteiger partial charge in [0.15, 0.2) is 0 Å². The smallest absolute Gasteiger partial charge is 0.293 e. The van der Waals surface area contributed by atoms with E-state index in [2.05, 4.69) is 16.2 Å². The number of hydrogen-bond donors (Lipinski definition) is 3. The summed E-state index contributed by atoms with van der Waals surface area (Å²) in [6.45, 7) is 0. The second kappa shape index (κ2) is 8.08. The molecule has 4 rings (SSSR count). The number of benzene rings is 2. The van der Waals surface area contributed by atoms with Gasteiger partial charge in [-0.1, -0.05) is 12.1 Å². The Labute approximate surface area is 171 Å². The first-order valence-corrected chi connectivity index (χ1v) is 9.41. The van der Waals surface area contributed by atoms with Crippen LogP contribution >= 0.6 is 0 Å². The van der Waals surface area contributed by atoms with E-state index >= 15 is 0 Å². The zero-order valence-electron chi connectivity index (χ0n) is 15.9. The molecule has 0 spiro atoms.